The number of hydrogen-bond acceptors (Lipinski definition) is 8. The zero-order chi connectivity index (χ0) is 34.6. The molecule has 0 aromatic heterocycles. The highest BCUT2D eigenvalue weighted by molar-refractivity contribution is 6.76. The Morgan fingerprint density at radius 3 is 2.48 bits per heavy atom. The molecule has 3 heterocycles. The third-order valence-corrected chi connectivity index (χ3v) is 10.6. The number of rotatable bonds is 11. The fourth-order valence-corrected chi connectivity index (χ4v) is 7.07. The van der Waals surface area contributed by atoms with Crippen LogP contribution in [0.4, 0.5) is 4.79 Å². The number of nitrogens with zero attached hydrogens (tertiary/aromatic N) is 3. The van der Waals surface area contributed by atoms with Gasteiger partial charge in [0.25, 0.3) is 11.8 Å². The molecule has 0 spiro atoms. The summed E-state index contributed by atoms with van der Waals surface area (Å²) < 4.78 is 17.8. The summed E-state index contributed by atoms with van der Waals surface area (Å²) in [7, 11) is -1.32. The molecule has 3 unspecified atom stereocenters. The fourth-order valence-electron chi connectivity index (χ4n) is 6.31. The van der Waals surface area contributed by atoms with Crippen molar-refractivity contribution in [3.8, 4) is 5.75 Å². The maximum absolute atomic E-state index is 13.5. The summed E-state index contributed by atoms with van der Waals surface area (Å²) >= 11 is 0. The van der Waals surface area contributed by atoms with Crippen molar-refractivity contribution in [2.75, 3.05) is 26.4 Å². The number of carbonyl (C=O) groups is 4. The van der Waals surface area contributed by atoms with E-state index < -0.39 is 31.7 Å². The molecule has 2 fully saturated rings. The second-order valence-corrected chi connectivity index (χ2v) is 20.9. The average molecular weight is 679 g/mol. The number of hydrogen-bond donors (Lipinski definition) is 1. The smallest absolute Gasteiger partial charge is 0.408 e. The number of carbonyl (C=O) groups excluding carboxylic acids is 4. The van der Waals surface area contributed by atoms with Gasteiger partial charge in [0.15, 0.2) is 0 Å². The number of likely N-dealkylation sites (tertiary alicyclic amines) is 2. The fraction of sp³-hybridized carbons (Fsp3) is 0.556. The highest BCUT2D eigenvalue weighted by atomic mass is 28.3. The van der Waals surface area contributed by atoms with Crippen LogP contribution in [-0.4, -0.2) is 96.8 Å². The molecule has 0 aliphatic carbocycles. The summed E-state index contributed by atoms with van der Waals surface area (Å²) in [5.74, 6) is -0.324. The van der Waals surface area contributed by atoms with Crippen LogP contribution in [0.5, 0.6) is 5.75 Å². The van der Waals surface area contributed by atoms with Crippen molar-refractivity contribution in [3.63, 3.8) is 0 Å². The molecular formula is C36H50N4O7Si. The van der Waals surface area contributed by atoms with E-state index in [0.717, 1.165) is 29.6 Å². The standard InChI is InChI=1S/C36H50N4O7Si/c1-36(2,3)47-35(44)37-29-16-17-38(21-25-10-8-7-9-11-25)23-31(29)46-27-12-13-28-26(20-27)22-39(33(28)42)30-14-15-32(41)40(34(30)43)24-45-18-19-48(4,5)6/h7-13,20,29-31H,14-19,21-24H2,1-6H3,(H,37,44). The maximum Gasteiger partial charge on any atom is 0.408 e. The van der Waals surface area contributed by atoms with Gasteiger partial charge in [-0.25, -0.2) is 4.79 Å². The van der Waals surface area contributed by atoms with Gasteiger partial charge in [-0.1, -0.05) is 50.0 Å². The number of imide groups is 1. The molecule has 260 valence electrons. The molecular weight excluding hydrogens is 629 g/mol. The van der Waals surface area contributed by atoms with Crippen molar-refractivity contribution in [1.29, 1.82) is 0 Å². The predicted octanol–water partition coefficient (Wildman–Crippen LogP) is 5.02. The van der Waals surface area contributed by atoms with Gasteiger partial charge in [0, 0.05) is 52.8 Å². The summed E-state index contributed by atoms with van der Waals surface area (Å²) in [6.45, 7) is 15.0. The molecule has 5 rings (SSSR count). The van der Waals surface area contributed by atoms with Crippen molar-refractivity contribution in [3.05, 3.63) is 65.2 Å². The van der Waals surface area contributed by atoms with E-state index in [-0.39, 0.29) is 50.1 Å². The first-order chi connectivity index (χ1) is 22.7. The largest absolute Gasteiger partial charge is 0.487 e. The molecule has 3 atom stereocenters. The summed E-state index contributed by atoms with van der Waals surface area (Å²) in [6.07, 6.45) is 0.272. The van der Waals surface area contributed by atoms with Crippen LogP contribution in [0.25, 0.3) is 0 Å². The van der Waals surface area contributed by atoms with Crippen molar-refractivity contribution in [1.82, 2.24) is 20.0 Å². The van der Waals surface area contributed by atoms with Crippen LogP contribution in [0, 0.1) is 0 Å². The van der Waals surface area contributed by atoms with Crippen LogP contribution in [0.1, 0.15) is 61.5 Å². The van der Waals surface area contributed by atoms with Crippen molar-refractivity contribution in [2.24, 2.45) is 0 Å². The maximum atomic E-state index is 13.5. The van der Waals surface area contributed by atoms with Gasteiger partial charge in [0.2, 0.25) is 5.91 Å². The lowest BCUT2D eigenvalue weighted by atomic mass is 10.0. The summed E-state index contributed by atoms with van der Waals surface area (Å²) in [6, 6.07) is 15.5. The summed E-state index contributed by atoms with van der Waals surface area (Å²) in [4.78, 5) is 57.5. The Bertz CT molecular complexity index is 1490. The first kappa shape index (κ1) is 35.6. The third kappa shape index (κ3) is 9.23. The molecule has 0 radical (unpaired) electrons. The zero-order valence-electron chi connectivity index (χ0n) is 29.1. The van der Waals surface area contributed by atoms with Crippen LogP contribution >= 0.6 is 0 Å². The van der Waals surface area contributed by atoms with Gasteiger partial charge in [-0.05, 0) is 69.0 Å². The Kier molecular flexibility index (Phi) is 11.0. The van der Waals surface area contributed by atoms with Gasteiger partial charge in [0.1, 0.15) is 30.2 Å². The molecule has 4 amide bonds. The number of ether oxygens (including phenoxy) is 3. The average Bonchev–Trinajstić information content (AvgIpc) is 3.32. The lowest BCUT2D eigenvalue weighted by molar-refractivity contribution is -0.158. The van der Waals surface area contributed by atoms with Crippen molar-refractivity contribution < 1.29 is 33.4 Å². The molecule has 2 aromatic rings. The van der Waals surface area contributed by atoms with E-state index in [9.17, 15) is 19.2 Å². The molecule has 11 nitrogen and oxygen atoms in total. The Morgan fingerprint density at radius 1 is 1.02 bits per heavy atom. The van der Waals surface area contributed by atoms with Gasteiger partial charge in [-0.3, -0.25) is 24.2 Å². The number of fused-ring (bicyclic) bond motifs is 1. The second-order valence-electron chi connectivity index (χ2n) is 15.2. The molecule has 1 N–H and O–H groups in total. The first-order valence-electron chi connectivity index (χ1n) is 17.0. The predicted molar refractivity (Wildman–Crippen MR) is 184 cm³/mol. The molecule has 2 saturated heterocycles. The van der Waals surface area contributed by atoms with E-state index in [2.05, 4.69) is 42.0 Å². The Labute approximate surface area is 284 Å². The van der Waals surface area contributed by atoms with Crippen molar-refractivity contribution >= 4 is 31.9 Å². The lowest BCUT2D eigenvalue weighted by Gasteiger charge is -2.39. The molecule has 48 heavy (non-hydrogen) atoms. The zero-order valence-corrected chi connectivity index (χ0v) is 30.1. The second kappa shape index (κ2) is 14.8. The van der Waals surface area contributed by atoms with E-state index in [4.69, 9.17) is 14.2 Å². The number of amides is 4. The molecule has 2 aromatic carbocycles. The highest BCUT2D eigenvalue weighted by Crippen LogP contribution is 2.32. The van der Waals surface area contributed by atoms with Gasteiger partial charge in [-0.15, -0.1) is 0 Å². The topological polar surface area (TPSA) is 118 Å². The van der Waals surface area contributed by atoms with Crippen LogP contribution in [0.2, 0.25) is 25.7 Å². The SMILES string of the molecule is CC(C)(C)OC(=O)NC1CCN(Cc2ccccc2)CC1Oc1ccc2c(c1)CN(C1CCC(=O)N(COCC[Si](C)(C)C)C1=O)C2=O. The van der Waals surface area contributed by atoms with Gasteiger partial charge in [0.05, 0.1) is 6.04 Å². The van der Waals surface area contributed by atoms with E-state index in [1.54, 1.807) is 17.0 Å². The summed E-state index contributed by atoms with van der Waals surface area (Å²) in [5, 5.41) is 3.02. The van der Waals surface area contributed by atoms with E-state index >= 15 is 0 Å². The van der Waals surface area contributed by atoms with E-state index in [1.165, 1.54) is 5.56 Å². The normalized spacial score (nSPS) is 22.1. The first-order valence-corrected chi connectivity index (χ1v) is 20.7. The molecule has 0 saturated carbocycles. The minimum Gasteiger partial charge on any atom is -0.487 e. The number of piperidine rings is 2. The van der Waals surface area contributed by atoms with Crippen LogP contribution in [0.15, 0.2) is 48.5 Å². The van der Waals surface area contributed by atoms with Crippen molar-refractivity contribution in [2.45, 2.75) is 103 Å². The van der Waals surface area contributed by atoms with Crippen LogP contribution < -0.4 is 10.1 Å². The monoisotopic (exact) mass is 678 g/mol. The Morgan fingerprint density at radius 2 is 1.77 bits per heavy atom. The third-order valence-electron chi connectivity index (χ3n) is 8.87. The number of benzene rings is 2. The minimum atomic E-state index is -1.32. The highest BCUT2D eigenvalue weighted by Gasteiger charge is 2.43. The Hall–Kier alpha value is -3.74. The van der Waals surface area contributed by atoms with Crippen LogP contribution in [0.3, 0.4) is 0 Å². The quantitative estimate of drug-likeness (QED) is 0.200. The van der Waals surface area contributed by atoms with E-state index in [1.807, 2.05) is 45.0 Å². The Balaban J connectivity index is 1.26. The van der Waals surface area contributed by atoms with Gasteiger partial charge in [-0.2, -0.15) is 0 Å². The molecule has 3 aliphatic heterocycles. The van der Waals surface area contributed by atoms with Crippen LogP contribution in [-0.2, 0) is 32.2 Å². The van der Waals surface area contributed by atoms with E-state index in [0.29, 0.717) is 30.9 Å². The molecule has 0 bridgehead atoms. The number of nitrogens with one attached hydrogen (secondary N) is 1. The summed E-state index contributed by atoms with van der Waals surface area (Å²) in [5.41, 5.74) is 1.84. The number of alkyl carbamates (subject to hydrolysis) is 1. The van der Waals surface area contributed by atoms with Gasteiger partial charge >= 0.3 is 6.09 Å². The molecule has 3 aliphatic rings. The van der Waals surface area contributed by atoms with Gasteiger partial charge < -0.3 is 24.4 Å². The minimum absolute atomic E-state index is 0.0905. The molecule has 12 heteroatoms. The lowest BCUT2D eigenvalue weighted by Crippen LogP contribution is -2.56.